The molecule has 3 nitrogen and oxygen atoms in total. The number of rotatable bonds is 5. The Balaban J connectivity index is 3.31. The van der Waals surface area contributed by atoms with Crippen LogP contribution in [0.1, 0.15) is 19.3 Å². The fourth-order valence-corrected chi connectivity index (χ4v) is 0.782. The summed E-state index contributed by atoms with van der Waals surface area (Å²) in [7, 11) is 0. The summed E-state index contributed by atoms with van der Waals surface area (Å²) in [5.74, 6) is 0. The highest BCUT2D eigenvalue weighted by molar-refractivity contribution is 4.76. The van der Waals surface area contributed by atoms with Gasteiger partial charge in [-0.15, -0.1) is 0 Å². The van der Waals surface area contributed by atoms with Crippen molar-refractivity contribution in [3.05, 3.63) is 6.92 Å². The molecule has 10 heavy (non-hydrogen) atoms. The zero-order valence-corrected chi connectivity index (χ0v) is 6.42. The highest BCUT2D eigenvalue weighted by Crippen LogP contribution is 1.99. The molecule has 6 N–H and O–H groups in total. The average molecular weight is 144 g/mol. The minimum atomic E-state index is 0.0338. The Hall–Kier alpha value is -0.120. The Bertz CT molecular complexity index is 75.3. The lowest BCUT2D eigenvalue weighted by atomic mass is 10.0. The number of hydrogen-bond acceptors (Lipinski definition) is 3. The Morgan fingerprint density at radius 1 is 1.20 bits per heavy atom. The van der Waals surface area contributed by atoms with Gasteiger partial charge in [-0.05, 0) is 25.8 Å². The van der Waals surface area contributed by atoms with Gasteiger partial charge in [0.15, 0.2) is 0 Å². The normalized spacial score (nSPS) is 16.8. The first-order valence-corrected chi connectivity index (χ1v) is 3.72. The van der Waals surface area contributed by atoms with Crippen LogP contribution in [0.15, 0.2) is 0 Å². The molecular weight excluding hydrogens is 126 g/mol. The van der Waals surface area contributed by atoms with Gasteiger partial charge in [0.25, 0.3) is 0 Å². The molecule has 0 saturated carbocycles. The third-order valence-corrected chi connectivity index (χ3v) is 1.62. The van der Waals surface area contributed by atoms with Gasteiger partial charge in [0.1, 0.15) is 0 Å². The lowest BCUT2D eigenvalue weighted by molar-refractivity contribution is 0.486. The molecule has 0 amide bonds. The lowest BCUT2D eigenvalue weighted by Crippen LogP contribution is -2.41. The highest BCUT2D eigenvalue weighted by atomic mass is 14.8. The third-order valence-electron chi connectivity index (χ3n) is 1.62. The molecule has 2 atom stereocenters. The lowest BCUT2D eigenvalue weighted by Gasteiger charge is -2.17. The monoisotopic (exact) mass is 144 g/mol. The van der Waals surface area contributed by atoms with E-state index in [4.69, 9.17) is 17.2 Å². The van der Waals surface area contributed by atoms with Gasteiger partial charge in [0, 0.05) is 12.1 Å². The summed E-state index contributed by atoms with van der Waals surface area (Å²) in [5.41, 5.74) is 16.6. The predicted molar refractivity (Wildman–Crippen MR) is 44.2 cm³/mol. The summed E-state index contributed by atoms with van der Waals surface area (Å²) >= 11 is 0. The summed E-state index contributed by atoms with van der Waals surface area (Å²) < 4.78 is 0. The maximum atomic E-state index is 5.69. The van der Waals surface area contributed by atoms with Gasteiger partial charge in [-0.3, -0.25) is 0 Å². The van der Waals surface area contributed by atoms with Crippen LogP contribution < -0.4 is 17.2 Å². The first-order valence-electron chi connectivity index (χ1n) is 3.72. The summed E-state index contributed by atoms with van der Waals surface area (Å²) in [5, 5.41) is 0. The van der Waals surface area contributed by atoms with Crippen LogP contribution in [-0.2, 0) is 0 Å². The molecule has 0 rings (SSSR count). The predicted octanol–water partition coefficient (Wildman–Crippen LogP) is -0.396. The van der Waals surface area contributed by atoms with Gasteiger partial charge in [-0.2, -0.15) is 0 Å². The molecule has 0 aromatic carbocycles. The summed E-state index contributed by atoms with van der Waals surface area (Å²) in [6, 6.07) is 0.104. The Labute approximate surface area is 62.9 Å². The molecule has 0 aliphatic carbocycles. The fourth-order valence-electron chi connectivity index (χ4n) is 0.782. The second kappa shape index (κ2) is 5.65. The van der Waals surface area contributed by atoms with Gasteiger partial charge in [0.2, 0.25) is 0 Å². The molecule has 2 unspecified atom stereocenters. The molecular formula is C7H18N3. The van der Waals surface area contributed by atoms with Crippen molar-refractivity contribution in [3.8, 4) is 0 Å². The van der Waals surface area contributed by atoms with E-state index in [0.717, 1.165) is 12.8 Å². The van der Waals surface area contributed by atoms with Gasteiger partial charge in [0.05, 0.1) is 0 Å². The summed E-state index contributed by atoms with van der Waals surface area (Å²) in [6.45, 7) is 4.37. The summed E-state index contributed by atoms with van der Waals surface area (Å²) in [4.78, 5) is 0. The van der Waals surface area contributed by atoms with Crippen LogP contribution in [0, 0.1) is 6.92 Å². The molecule has 61 valence electrons. The van der Waals surface area contributed by atoms with Crippen molar-refractivity contribution in [1.29, 1.82) is 0 Å². The quantitative estimate of drug-likeness (QED) is 0.491. The van der Waals surface area contributed by atoms with E-state index >= 15 is 0 Å². The third kappa shape index (κ3) is 3.82. The van der Waals surface area contributed by atoms with Gasteiger partial charge < -0.3 is 17.2 Å². The minimum absolute atomic E-state index is 0.0338. The minimum Gasteiger partial charge on any atom is -0.330 e. The average Bonchev–Trinajstić information content (AvgIpc) is 1.98. The molecule has 0 spiro atoms. The van der Waals surface area contributed by atoms with Crippen LogP contribution >= 0.6 is 0 Å². The van der Waals surface area contributed by atoms with E-state index in [1.54, 1.807) is 0 Å². The molecule has 0 heterocycles. The fraction of sp³-hybridized carbons (Fsp3) is 0.857. The maximum absolute atomic E-state index is 5.69. The molecule has 0 fully saturated rings. The first kappa shape index (κ1) is 9.88. The maximum Gasteiger partial charge on any atom is 0.0192 e. The largest absolute Gasteiger partial charge is 0.330 e. The van der Waals surface area contributed by atoms with Crippen molar-refractivity contribution in [3.63, 3.8) is 0 Å². The molecule has 0 bridgehead atoms. The Kier molecular flexibility index (Phi) is 5.58. The van der Waals surface area contributed by atoms with Crippen molar-refractivity contribution in [1.82, 2.24) is 0 Å². The molecule has 0 aromatic heterocycles. The second-order valence-electron chi connectivity index (χ2n) is 2.55. The number of hydrogen-bond donors (Lipinski definition) is 3. The van der Waals surface area contributed by atoms with Crippen LogP contribution in [0.5, 0.6) is 0 Å². The van der Waals surface area contributed by atoms with Crippen molar-refractivity contribution in [2.75, 3.05) is 6.54 Å². The van der Waals surface area contributed by atoms with Crippen LogP contribution in [-0.4, -0.2) is 18.6 Å². The van der Waals surface area contributed by atoms with Crippen molar-refractivity contribution in [2.24, 2.45) is 17.2 Å². The molecule has 0 aromatic rings. The SMILES string of the molecule is [CH2]CC(N)C(N)CCCN. The van der Waals surface area contributed by atoms with Gasteiger partial charge >= 0.3 is 0 Å². The van der Waals surface area contributed by atoms with E-state index < -0.39 is 0 Å². The zero-order valence-electron chi connectivity index (χ0n) is 6.42. The number of nitrogens with two attached hydrogens (primary N) is 3. The van der Waals surface area contributed by atoms with Gasteiger partial charge in [-0.25, -0.2) is 0 Å². The molecule has 0 aliphatic rings. The van der Waals surface area contributed by atoms with E-state index in [1.165, 1.54) is 0 Å². The van der Waals surface area contributed by atoms with E-state index in [1.807, 2.05) is 0 Å². The molecule has 0 aliphatic heterocycles. The molecule has 1 radical (unpaired) electrons. The molecule has 3 heteroatoms. The van der Waals surface area contributed by atoms with Crippen molar-refractivity contribution in [2.45, 2.75) is 31.3 Å². The Morgan fingerprint density at radius 3 is 2.20 bits per heavy atom. The second-order valence-corrected chi connectivity index (χ2v) is 2.55. The first-order chi connectivity index (χ1) is 4.72. The van der Waals surface area contributed by atoms with Crippen molar-refractivity contribution < 1.29 is 0 Å². The topological polar surface area (TPSA) is 78.1 Å². The van der Waals surface area contributed by atoms with Crippen LogP contribution in [0.4, 0.5) is 0 Å². The van der Waals surface area contributed by atoms with E-state index in [2.05, 4.69) is 6.92 Å². The van der Waals surface area contributed by atoms with E-state index in [9.17, 15) is 0 Å². The zero-order chi connectivity index (χ0) is 7.98. The summed E-state index contributed by atoms with van der Waals surface area (Å²) in [6.07, 6.45) is 2.56. The van der Waals surface area contributed by atoms with Crippen LogP contribution in [0.3, 0.4) is 0 Å². The molecule has 0 saturated heterocycles. The van der Waals surface area contributed by atoms with Gasteiger partial charge in [-0.1, -0.05) is 6.92 Å². The standard InChI is InChI=1S/C7H18N3/c1-2-6(9)7(10)4-3-5-8/h6-7H,1-5,8-10H2. The van der Waals surface area contributed by atoms with E-state index in [0.29, 0.717) is 13.0 Å². The Morgan fingerprint density at radius 2 is 1.80 bits per heavy atom. The van der Waals surface area contributed by atoms with Crippen LogP contribution in [0.25, 0.3) is 0 Å². The highest BCUT2D eigenvalue weighted by Gasteiger charge is 2.09. The smallest absolute Gasteiger partial charge is 0.0192 e. The van der Waals surface area contributed by atoms with Crippen molar-refractivity contribution >= 4 is 0 Å². The van der Waals surface area contributed by atoms with Crippen LogP contribution in [0.2, 0.25) is 0 Å². The van der Waals surface area contributed by atoms with E-state index in [-0.39, 0.29) is 12.1 Å².